The predicted octanol–water partition coefficient (Wildman–Crippen LogP) is 5.53. The van der Waals surface area contributed by atoms with E-state index in [4.69, 9.17) is 17.3 Å². The van der Waals surface area contributed by atoms with Gasteiger partial charge in [0, 0.05) is 3.57 Å². The van der Waals surface area contributed by atoms with Crippen LogP contribution in [0.15, 0.2) is 18.2 Å². The Balaban J connectivity index is 2.63. The molecule has 0 aliphatic rings. The molecule has 0 amide bonds. The number of benzene rings is 2. The maximum atomic E-state index is 6.56. The van der Waals surface area contributed by atoms with Gasteiger partial charge >= 0.3 is 0 Å². The number of hydrogen-bond acceptors (Lipinski definition) is 1. The van der Waals surface area contributed by atoms with Crippen LogP contribution in [0.1, 0.15) is 45.0 Å². The first kappa shape index (κ1) is 16.8. The monoisotopic (exact) mass is 413 g/mol. The Bertz CT molecular complexity index is 678. The third kappa shape index (κ3) is 2.99. The van der Waals surface area contributed by atoms with E-state index in [9.17, 15) is 0 Å². The highest BCUT2D eigenvalue weighted by Crippen LogP contribution is 2.33. The highest BCUT2D eigenvalue weighted by molar-refractivity contribution is 14.1. The van der Waals surface area contributed by atoms with E-state index in [0.717, 1.165) is 14.2 Å². The number of nitrogens with two attached hydrogens (primary N) is 1. The molecular weight excluding hydrogens is 393 g/mol. The largest absolute Gasteiger partial charge is 0.320 e. The van der Waals surface area contributed by atoms with E-state index in [1.54, 1.807) is 0 Å². The normalized spacial score (nSPS) is 12.6. The Kier molecular flexibility index (Phi) is 5.01. The van der Waals surface area contributed by atoms with Crippen molar-refractivity contribution >= 4 is 34.2 Å². The van der Waals surface area contributed by atoms with Gasteiger partial charge in [0.15, 0.2) is 0 Å². The molecule has 0 bridgehead atoms. The smallest absolute Gasteiger partial charge is 0.0557 e. The van der Waals surface area contributed by atoms with Gasteiger partial charge in [-0.05, 0) is 108 Å². The SMILES string of the molecule is Cc1c(C)c(C)c(C(N)c2ccc(I)c(Cl)c2)c(C)c1C. The molecule has 0 aliphatic heterocycles. The van der Waals surface area contributed by atoms with Gasteiger partial charge in [-0.15, -0.1) is 0 Å². The molecule has 2 rings (SSSR count). The zero-order valence-electron chi connectivity index (χ0n) is 13.1. The summed E-state index contributed by atoms with van der Waals surface area (Å²) in [5, 5.41) is 0.763. The molecule has 0 heterocycles. The van der Waals surface area contributed by atoms with Crippen LogP contribution in [0.5, 0.6) is 0 Å². The lowest BCUT2D eigenvalue weighted by Crippen LogP contribution is -2.17. The van der Waals surface area contributed by atoms with Crippen LogP contribution < -0.4 is 5.73 Å². The molecule has 0 fully saturated rings. The number of halogens is 2. The lowest BCUT2D eigenvalue weighted by atomic mass is 9.84. The summed E-state index contributed by atoms with van der Waals surface area (Å²) in [4.78, 5) is 0. The highest BCUT2D eigenvalue weighted by Gasteiger charge is 2.19. The van der Waals surface area contributed by atoms with Crippen molar-refractivity contribution < 1.29 is 0 Å². The highest BCUT2D eigenvalue weighted by atomic mass is 127. The van der Waals surface area contributed by atoms with E-state index in [2.05, 4.69) is 63.3 Å². The zero-order chi connectivity index (χ0) is 15.9. The van der Waals surface area contributed by atoms with E-state index in [1.807, 2.05) is 12.1 Å². The van der Waals surface area contributed by atoms with Gasteiger partial charge in [-0.3, -0.25) is 0 Å². The second-order valence-electron chi connectivity index (χ2n) is 5.69. The fourth-order valence-electron chi connectivity index (χ4n) is 2.87. The molecule has 0 spiro atoms. The van der Waals surface area contributed by atoms with E-state index < -0.39 is 0 Å². The van der Waals surface area contributed by atoms with Gasteiger partial charge < -0.3 is 5.73 Å². The first-order chi connectivity index (χ1) is 9.75. The topological polar surface area (TPSA) is 26.0 Å². The van der Waals surface area contributed by atoms with Gasteiger partial charge in [-0.25, -0.2) is 0 Å². The molecule has 1 atom stereocenters. The van der Waals surface area contributed by atoms with E-state index in [-0.39, 0.29) is 6.04 Å². The summed E-state index contributed by atoms with van der Waals surface area (Å²) < 4.78 is 1.05. The molecule has 0 aromatic heterocycles. The summed E-state index contributed by atoms with van der Waals surface area (Å²) in [6.45, 7) is 10.9. The molecule has 2 aromatic carbocycles. The standard InChI is InChI=1S/C18H21ClIN/c1-9-10(2)12(4)17(13(5)11(9)3)18(21)14-6-7-16(20)15(19)8-14/h6-8,18H,21H2,1-5H3. The number of rotatable bonds is 2. The van der Waals surface area contributed by atoms with E-state index >= 15 is 0 Å². The summed E-state index contributed by atoms with van der Waals surface area (Å²) in [7, 11) is 0. The van der Waals surface area contributed by atoms with Crippen LogP contribution in [0.3, 0.4) is 0 Å². The molecule has 112 valence electrons. The summed E-state index contributed by atoms with van der Waals surface area (Å²) in [5.41, 5.74) is 15.5. The maximum Gasteiger partial charge on any atom is 0.0557 e. The number of hydrogen-bond donors (Lipinski definition) is 1. The lowest BCUT2D eigenvalue weighted by molar-refractivity contribution is 0.842. The minimum absolute atomic E-state index is 0.141. The molecule has 21 heavy (non-hydrogen) atoms. The van der Waals surface area contributed by atoms with Crippen molar-refractivity contribution in [2.24, 2.45) is 5.73 Å². The molecule has 1 unspecified atom stereocenters. The van der Waals surface area contributed by atoms with Gasteiger partial charge in [0.1, 0.15) is 0 Å². The van der Waals surface area contributed by atoms with Crippen molar-refractivity contribution in [3.63, 3.8) is 0 Å². The Morgan fingerprint density at radius 1 is 0.905 bits per heavy atom. The minimum Gasteiger partial charge on any atom is -0.320 e. The molecule has 0 saturated heterocycles. The van der Waals surface area contributed by atoms with Crippen molar-refractivity contribution in [1.82, 2.24) is 0 Å². The average molecular weight is 414 g/mol. The van der Waals surface area contributed by atoms with Crippen LogP contribution in [0.4, 0.5) is 0 Å². The molecule has 2 N–H and O–H groups in total. The van der Waals surface area contributed by atoms with Crippen LogP contribution in [-0.2, 0) is 0 Å². The minimum atomic E-state index is -0.141. The van der Waals surface area contributed by atoms with Crippen molar-refractivity contribution in [2.75, 3.05) is 0 Å². The maximum absolute atomic E-state index is 6.56. The van der Waals surface area contributed by atoms with Gasteiger partial charge in [-0.1, -0.05) is 17.7 Å². The third-order valence-corrected chi connectivity index (χ3v) is 6.24. The first-order valence-electron chi connectivity index (χ1n) is 7.03. The predicted molar refractivity (Wildman–Crippen MR) is 100 cm³/mol. The Hall–Kier alpha value is -0.580. The van der Waals surface area contributed by atoms with Crippen molar-refractivity contribution in [2.45, 2.75) is 40.7 Å². The lowest BCUT2D eigenvalue weighted by Gasteiger charge is -2.23. The summed E-state index contributed by atoms with van der Waals surface area (Å²) in [6.07, 6.45) is 0. The van der Waals surface area contributed by atoms with Gasteiger partial charge in [0.25, 0.3) is 0 Å². The van der Waals surface area contributed by atoms with Gasteiger partial charge in [0.05, 0.1) is 11.1 Å². The Morgan fingerprint density at radius 3 is 1.86 bits per heavy atom. The molecule has 3 heteroatoms. The van der Waals surface area contributed by atoms with Crippen molar-refractivity contribution in [3.05, 3.63) is 65.7 Å². The fourth-order valence-corrected chi connectivity index (χ4v) is 3.39. The molecule has 0 saturated carbocycles. The van der Waals surface area contributed by atoms with Crippen LogP contribution in [0, 0.1) is 38.2 Å². The second-order valence-corrected chi connectivity index (χ2v) is 7.26. The van der Waals surface area contributed by atoms with E-state index in [0.29, 0.717) is 0 Å². The summed E-state index contributed by atoms with van der Waals surface area (Å²) in [5.74, 6) is 0. The third-order valence-electron chi connectivity index (χ3n) is 4.67. The van der Waals surface area contributed by atoms with Gasteiger partial charge in [-0.2, -0.15) is 0 Å². The molecule has 2 aromatic rings. The molecular formula is C18H21ClIN. The van der Waals surface area contributed by atoms with Crippen LogP contribution in [0.2, 0.25) is 5.02 Å². The van der Waals surface area contributed by atoms with Gasteiger partial charge in [0.2, 0.25) is 0 Å². The van der Waals surface area contributed by atoms with Crippen LogP contribution >= 0.6 is 34.2 Å². The fraction of sp³-hybridized carbons (Fsp3) is 0.333. The summed E-state index contributed by atoms with van der Waals surface area (Å²) >= 11 is 8.48. The molecule has 1 nitrogen and oxygen atoms in total. The summed E-state index contributed by atoms with van der Waals surface area (Å²) in [6, 6.07) is 5.94. The Morgan fingerprint density at radius 2 is 1.38 bits per heavy atom. The van der Waals surface area contributed by atoms with Crippen molar-refractivity contribution in [1.29, 1.82) is 0 Å². The van der Waals surface area contributed by atoms with Crippen molar-refractivity contribution in [3.8, 4) is 0 Å². The Labute approximate surface area is 146 Å². The van der Waals surface area contributed by atoms with E-state index in [1.165, 1.54) is 33.4 Å². The second kappa shape index (κ2) is 6.27. The first-order valence-corrected chi connectivity index (χ1v) is 8.48. The molecule has 0 radical (unpaired) electrons. The quantitative estimate of drug-likeness (QED) is 0.643. The van der Waals surface area contributed by atoms with Crippen LogP contribution in [-0.4, -0.2) is 0 Å². The average Bonchev–Trinajstić information content (AvgIpc) is 2.46. The zero-order valence-corrected chi connectivity index (χ0v) is 16.1. The molecule has 0 aliphatic carbocycles. The van der Waals surface area contributed by atoms with Crippen LogP contribution in [0.25, 0.3) is 0 Å².